The van der Waals surface area contributed by atoms with Gasteiger partial charge in [-0.15, -0.1) is 0 Å². The van der Waals surface area contributed by atoms with Crippen LogP contribution in [0.1, 0.15) is 30.6 Å². The number of likely N-dealkylation sites (tertiary alicyclic amines) is 1. The molecule has 1 aromatic heterocycles. The fraction of sp³-hybridized carbons (Fsp3) is 0.538. The molecule has 1 saturated heterocycles. The molecule has 0 spiro atoms. The summed E-state index contributed by atoms with van der Waals surface area (Å²) in [6.45, 7) is 6.09. The molecule has 1 aromatic rings. The van der Waals surface area contributed by atoms with Gasteiger partial charge in [0.1, 0.15) is 5.82 Å². The quantitative estimate of drug-likeness (QED) is 0.849. The zero-order valence-corrected chi connectivity index (χ0v) is 10.7. The summed E-state index contributed by atoms with van der Waals surface area (Å²) in [7, 11) is 1.80. The standard InChI is InChI=1S/C13H19N3O/c1-13(2)5-7-16(9-13)12(17)10-4-6-15-11(8-10)14-3/h4,6,8H,5,7,9H2,1-3H3,(H,14,15). The Kier molecular flexibility index (Phi) is 3.05. The van der Waals surface area contributed by atoms with Crippen molar-refractivity contribution in [2.75, 3.05) is 25.5 Å². The number of carbonyl (C=O) groups is 1. The van der Waals surface area contributed by atoms with Gasteiger partial charge in [0.15, 0.2) is 0 Å². The molecule has 92 valence electrons. The van der Waals surface area contributed by atoms with Gasteiger partial charge in [0.2, 0.25) is 0 Å². The normalized spacial score (nSPS) is 18.2. The molecule has 0 bridgehead atoms. The number of aromatic nitrogens is 1. The molecule has 4 heteroatoms. The summed E-state index contributed by atoms with van der Waals surface area (Å²) in [4.78, 5) is 18.3. The van der Waals surface area contributed by atoms with Gasteiger partial charge >= 0.3 is 0 Å². The van der Waals surface area contributed by atoms with E-state index in [1.54, 1.807) is 25.4 Å². The Hall–Kier alpha value is -1.58. The van der Waals surface area contributed by atoms with Crippen molar-refractivity contribution in [3.05, 3.63) is 23.9 Å². The zero-order chi connectivity index (χ0) is 12.5. The minimum atomic E-state index is 0.106. The van der Waals surface area contributed by atoms with Crippen LogP contribution in [0.25, 0.3) is 0 Å². The van der Waals surface area contributed by atoms with Crippen LogP contribution in [-0.2, 0) is 0 Å². The van der Waals surface area contributed by atoms with Crippen LogP contribution in [-0.4, -0.2) is 35.9 Å². The first-order valence-corrected chi connectivity index (χ1v) is 5.95. The van der Waals surface area contributed by atoms with E-state index in [1.807, 2.05) is 4.90 Å². The van der Waals surface area contributed by atoms with E-state index in [1.165, 1.54) is 0 Å². The molecule has 17 heavy (non-hydrogen) atoms. The second-order valence-electron chi connectivity index (χ2n) is 5.32. The molecular formula is C13H19N3O. The third-order valence-corrected chi connectivity index (χ3v) is 3.23. The molecule has 1 amide bonds. The smallest absolute Gasteiger partial charge is 0.254 e. The number of nitrogens with one attached hydrogen (secondary N) is 1. The highest BCUT2D eigenvalue weighted by atomic mass is 16.2. The molecule has 4 nitrogen and oxygen atoms in total. The lowest BCUT2D eigenvalue weighted by molar-refractivity contribution is 0.0778. The Balaban J connectivity index is 2.15. The third-order valence-electron chi connectivity index (χ3n) is 3.23. The highest BCUT2D eigenvalue weighted by Gasteiger charge is 2.32. The Morgan fingerprint density at radius 3 is 2.88 bits per heavy atom. The summed E-state index contributed by atoms with van der Waals surface area (Å²) >= 11 is 0. The number of rotatable bonds is 2. The predicted octanol–water partition coefficient (Wildman–Crippen LogP) is 2.00. The second kappa shape index (κ2) is 4.35. The van der Waals surface area contributed by atoms with Crippen LogP contribution in [0.5, 0.6) is 0 Å². The topological polar surface area (TPSA) is 45.2 Å². The van der Waals surface area contributed by atoms with Crippen LogP contribution in [0.2, 0.25) is 0 Å². The Labute approximate surface area is 102 Å². The summed E-state index contributed by atoms with van der Waals surface area (Å²) in [5, 5.41) is 2.95. The molecule has 0 unspecified atom stereocenters. The van der Waals surface area contributed by atoms with Crippen LogP contribution in [0.15, 0.2) is 18.3 Å². The van der Waals surface area contributed by atoms with E-state index in [9.17, 15) is 4.79 Å². The first-order valence-electron chi connectivity index (χ1n) is 5.95. The van der Waals surface area contributed by atoms with E-state index in [0.717, 1.165) is 25.3 Å². The van der Waals surface area contributed by atoms with E-state index in [4.69, 9.17) is 0 Å². The van der Waals surface area contributed by atoms with Crippen LogP contribution in [0.3, 0.4) is 0 Å². The lowest BCUT2D eigenvalue weighted by atomic mass is 9.93. The molecule has 0 saturated carbocycles. The SMILES string of the molecule is CNc1cc(C(=O)N2CCC(C)(C)C2)ccn1. The largest absolute Gasteiger partial charge is 0.373 e. The summed E-state index contributed by atoms with van der Waals surface area (Å²) < 4.78 is 0. The minimum Gasteiger partial charge on any atom is -0.373 e. The Morgan fingerprint density at radius 1 is 1.53 bits per heavy atom. The van der Waals surface area contributed by atoms with E-state index in [2.05, 4.69) is 24.1 Å². The summed E-state index contributed by atoms with van der Waals surface area (Å²) in [6.07, 6.45) is 2.74. The van der Waals surface area contributed by atoms with Gasteiger partial charge < -0.3 is 10.2 Å². The average molecular weight is 233 g/mol. The number of carbonyl (C=O) groups excluding carboxylic acids is 1. The van der Waals surface area contributed by atoms with Crippen molar-refractivity contribution in [2.24, 2.45) is 5.41 Å². The van der Waals surface area contributed by atoms with Crippen LogP contribution < -0.4 is 5.32 Å². The van der Waals surface area contributed by atoms with Gasteiger partial charge in [-0.1, -0.05) is 13.8 Å². The molecule has 1 fully saturated rings. The number of nitrogens with zero attached hydrogens (tertiary/aromatic N) is 2. The Bertz CT molecular complexity index is 428. The first kappa shape index (κ1) is 11.9. The van der Waals surface area contributed by atoms with Crippen molar-refractivity contribution >= 4 is 11.7 Å². The van der Waals surface area contributed by atoms with E-state index < -0.39 is 0 Å². The number of hydrogen-bond donors (Lipinski definition) is 1. The zero-order valence-electron chi connectivity index (χ0n) is 10.7. The fourth-order valence-electron chi connectivity index (χ4n) is 2.17. The molecule has 0 aromatic carbocycles. The first-order chi connectivity index (χ1) is 8.02. The lowest BCUT2D eigenvalue weighted by Gasteiger charge is -2.20. The molecule has 2 heterocycles. The monoisotopic (exact) mass is 233 g/mol. The summed E-state index contributed by atoms with van der Waals surface area (Å²) in [6, 6.07) is 3.57. The van der Waals surface area contributed by atoms with Crippen LogP contribution in [0, 0.1) is 5.41 Å². The third kappa shape index (κ3) is 2.57. The molecule has 1 N–H and O–H groups in total. The molecule has 1 aliphatic rings. The van der Waals surface area contributed by atoms with Gasteiger partial charge in [0.05, 0.1) is 0 Å². The lowest BCUT2D eigenvalue weighted by Crippen LogP contribution is -2.30. The van der Waals surface area contributed by atoms with Gasteiger partial charge in [0, 0.05) is 31.9 Å². The number of pyridine rings is 1. The van der Waals surface area contributed by atoms with Crippen molar-refractivity contribution in [3.8, 4) is 0 Å². The molecule has 0 radical (unpaired) electrons. The molecule has 0 aliphatic carbocycles. The maximum Gasteiger partial charge on any atom is 0.254 e. The Morgan fingerprint density at radius 2 is 2.29 bits per heavy atom. The van der Waals surface area contributed by atoms with Gasteiger partial charge in [-0.25, -0.2) is 4.98 Å². The maximum atomic E-state index is 12.3. The van der Waals surface area contributed by atoms with Crippen molar-refractivity contribution in [3.63, 3.8) is 0 Å². The molecule has 0 atom stereocenters. The molecule has 2 rings (SSSR count). The fourth-order valence-corrected chi connectivity index (χ4v) is 2.17. The maximum absolute atomic E-state index is 12.3. The van der Waals surface area contributed by atoms with E-state index in [0.29, 0.717) is 5.56 Å². The highest BCUT2D eigenvalue weighted by Crippen LogP contribution is 2.29. The predicted molar refractivity (Wildman–Crippen MR) is 68.1 cm³/mol. The number of anilines is 1. The molecular weight excluding hydrogens is 214 g/mol. The van der Waals surface area contributed by atoms with Gasteiger partial charge in [-0.05, 0) is 24.0 Å². The van der Waals surface area contributed by atoms with Crippen LogP contribution in [0.4, 0.5) is 5.82 Å². The summed E-state index contributed by atoms with van der Waals surface area (Å²) in [5.74, 6) is 0.837. The highest BCUT2D eigenvalue weighted by molar-refractivity contribution is 5.95. The van der Waals surface area contributed by atoms with Crippen molar-refractivity contribution < 1.29 is 4.79 Å². The van der Waals surface area contributed by atoms with Gasteiger partial charge in [-0.2, -0.15) is 0 Å². The second-order valence-corrected chi connectivity index (χ2v) is 5.32. The van der Waals surface area contributed by atoms with Gasteiger partial charge in [-0.3, -0.25) is 4.79 Å². The van der Waals surface area contributed by atoms with E-state index in [-0.39, 0.29) is 11.3 Å². The van der Waals surface area contributed by atoms with Crippen molar-refractivity contribution in [1.29, 1.82) is 0 Å². The summed E-state index contributed by atoms with van der Waals surface area (Å²) in [5.41, 5.74) is 0.955. The number of hydrogen-bond acceptors (Lipinski definition) is 3. The van der Waals surface area contributed by atoms with Crippen molar-refractivity contribution in [1.82, 2.24) is 9.88 Å². The number of amides is 1. The van der Waals surface area contributed by atoms with Gasteiger partial charge in [0.25, 0.3) is 5.91 Å². The van der Waals surface area contributed by atoms with E-state index >= 15 is 0 Å². The molecule has 1 aliphatic heterocycles. The van der Waals surface area contributed by atoms with Crippen molar-refractivity contribution in [2.45, 2.75) is 20.3 Å². The minimum absolute atomic E-state index is 0.106. The van der Waals surface area contributed by atoms with Crippen LogP contribution >= 0.6 is 0 Å². The average Bonchev–Trinajstić information content (AvgIpc) is 2.69.